The molecule has 1 aromatic heterocycles. The van der Waals surface area contributed by atoms with E-state index in [0.717, 1.165) is 0 Å². The van der Waals surface area contributed by atoms with Gasteiger partial charge in [-0.15, -0.1) is 16.8 Å². The van der Waals surface area contributed by atoms with Gasteiger partial charge in [0, 0.05) is 13.1 Å². The third-order valence-corrected chi connectivity index (χ3v) is 2.86. The molecular weight excluding hydrogens is 264 g/mol. The van der Waals surface area contributed by atoms with Crippen LogP contribution in [0.2, 0.25) is 0 Å². The van der Waals surface area contributed by atoms with E-state index >= 15 is 0 Å². The third kappa shape index (κ3) is 4.42. The van der Waals surface area contributed by atoms with Crippen molar-refractivity contribution in [3.8, 4) is 0 Å². The second kappa shape index (κ2) is 7.19. The molecule has 0 aliphatic rings. The first kappa shape index (κ1) is 14.7. The number of rotatable bonds is 6. The molecule has 2 aromatic rings. The van der Waals surface area contributed by atoms with E-state index in [9.17, 15) is 4.79 Å². The van der Waals surface area contributed by atoms with Crippen molar-refractivity contribution in [2.75, 3.05) is 11.9 Å². The SMILES string of the molecule is C=CCNC(=O)c1ccc(NCc2cccc(C)c2)nn1. The van der Waals surface area contributed by atoms with Gasteiger partial charge in [-0.3, -0.25) is 4.79 Å². The van der Waals surface area contributed by atoms with Crippen molar-refractivity contribution in [3.63, 3.8) is 0 Å². The fraction of sp³-hybridized carbons (Fsp3) is 0.188. The zero-order valence-electron chi connectivity index (χ0n) is 12.0. The average molecular weight is 282 g/mol. The summed E-state index contributed by atoms with van der Waals surface area (Å²) in [5.41, 5.74) is 2.68. The molecule has 0 atom stereocenters. The summed E-state index contributed by atoms with van der Waals surface area (Å²) in [5.74, 6) is 0.379. The van der Waals surface area contributed by atoms with E-state index in [1.54, 1.807) is 18.2 Å². The molecule has 0 aliphatic carbocycles. The quantitative estimate of drug-likeness (QED) is 0.798. The molecule has 1 amide bonds. The summed E-state index contributed by atoms with van der Waals surface area (Å²) >= 11 is 0. The number of anilines is 1. The number of nitrogens with zero attached hydrogens (tertiary/aromatic N) is 2. The Kier molecular flexibility index (Phi) is 5.04. The van der Waals surface area contributed by atoms with Crippen LogP contribution in [-0.4, -0.2) is 22.6 Å². The van der Waals surface area contributed by atoms with Crippen molar-refractivity contribution in [1.82, 2.24) is 15.5 Å². The Morgan fingerprint density at radius 1 is 1.29 bits per heavy atom. The van der Waals surface area contributed by atoms with E-state index in [4.69, 9.17) is 0 Å². The largest absolute Gasteiger partial charge is 0.365 e. The van der Waals surface area contributed by atoms with Crippen molar-refractivity contribution in [2.45, 2.75) is 13.5 Å². The Hall–Kier alpha value is -2.69. The zero-order chi connectivity index (χ0) is 15.1. The second-order valence-electron chi connectivity index (χ2n) is 4.65. The predicted octanol–water partition coefficient (Wildman–Crippen LogP) is 2.31. The molecule has 0 spiro atoms. The third-order valence-electron chi connectivity index (χ3n) is 2.86. The number of aromatic nitrogens is 2. The first-order valence-corrected chi connectivity index (χ1v) is 6.71. The van der Waals surface area contributed by atoms with E-state index in [0.29, 0.717) is 18.9 Å². The normalized spacial score (nSPS) is 9.95. The van der Waals surface area contributed by atoms with Gasteiger partial charge in [0.15, 0.2) is 5.69 Å². The summed E-state index contributed by atoms with van der Waals surface area (Å²) in [7, 11) is 0. The van der Waals surface area contributed by atoms with Crippen LogP contribution in [0.25, 0.3) is 0 Å². The number of carbonyl (C=O) groups is 1. The molecule has 0 aliphatic heterocycles. The molecule has 0 saturated carbocycles. The summed E-state index contributed by atoms with van der Waals surface area (Å²) < 4.78 is 0. The van der Waals surface area contributed by atoms with Crippen molar-refractivity contribution >= 4 is 11.7 Å². The summed E-state index contributed by atoms with van der Waals surface area (Å²) in [6.07, 6.45) is 1.61. The molecule has 5 heteroatoms. The van der Waals surface area contributed by atoms with Crippen molar-refractivity contribution in [3.05, 3.63) is 65.9 Å². The van der Waals surface area contributed by atoms with Crippen LogP contribution < -0.4 is 10.6 Å². The van der Waals surface area contributed by atoms with Gasteiger partial charge in [0.25, 0.3) is 5.91 Å². The van der Waals surface area contributed by atoms with Gasteiger partial charge in [-0.1, -0.05) is 35.9 Å². The van der Waals surface area contributed by atoms with Crippen molar-refractivity contribution < 1.29 is 4.79 Å². The Balaban J connectivity index is 1.93. The number of aryl methyl sites for hydroxylation is 1. The van der Waals surface area contributed by atoms with Crippen LogP contribution >= 0.6 is 0 Å². The van der Waals surface area contributed by atoms with Crippen LogP contribution in [0, 0.1) is 6.92 Å². The monoisotopic (exact) mass is 282 g/mol. The lowest BCUT2D eigenvalue weighted by atomic mass is 10.1. The lowest BCUT2D eigenvalue weighted by Gasteiger charge is -2.06. The first-order chi connectivity index (χ1) is 10.2. The van der Waals surface area contributed by atoms with Crippen LogP contribution in [-0.2, 0) is 6.54 Å². The molecule has 1 heterocycles. The molecule has 2 rings (SSSR count). The number of carbonyl (C=O) groups excluding carboxylic acids is 1. The molecule has 0 bridgehead atoms. The minimum atomic E-state index is -0.257. The molecule has 108 valence electrons. The van der Waals surface area contributed by atoms with Gasteiger partial charge in [0.05, 0.1) is 0 Å². The predicted molar refractivity (Wildman–Crippen MR) is 83.1 cm³/mol. The number of benzene rings is 1. The maximum atomic E-state index is 11.6. The van der Waals surface area contributed by atoms with Gasteiger partial charge in [0.2, 0.25) is 0 Å². The summed E-state index contributed by atoms with van der Waals surface area (Å²) in [6, 6.07) is 11.6. The molecular formula is C16H18N4O. The minimum Gasteiger partial charge on any atom is -0.365 e. The Morgan fingerprint density at radius 3 is 2.81 bits per heavy atom. The zero-order valence-corrected chi connectivity index (χ0v) is 12.0. The molecule has 2 N–H and O–H groups in total. The Morgan fingerprint density at radius 2 is 2.14 bits per heavy atom. The molecule has 0 radical (unpaired) electrons. The summed E-state index contributed by atoms with van der Waals surface area (Å²) in [6.45, 7) is 6.67. The smallest absolute Gasteiger partial charge is 0.272 e. The highest BCUT2D eigenvalue weighted by Crippen LogP contribution is 2.08. The molecule has 0 saturated heterocycles. The van der Waals surface area contributed by atoms with E-state index in [1.165, 1.54) is 11.1 Å². The second-order valence-corrected chi connectivity index (χ2v) is 4.65. The van der Waals surface area contributed by atoms with E-state index in [1.807, 2.05) is 12.1 Å². The highest BCUT2D eigenvalue weighted by molar-refractivity contribution is 5.92. The molecule has 0 fully saturated rings. The van der Waals surface area contributed by atoms with Crippen LogP contribution in [0.4, 0.5) is 5.82 Å². The molecule has 5 nitrogen and oxygen atoms in total. The van der Waals surface area contributed by atoms with Gasteiger partial charge in [-0.2, -0.15) is 0 Å². The maximum Gasteiger partial charge on any atom is 0.272 e. The lowest BCUT2D eigenvalue weighted by molar-refractivity contribution is 0.0952. The van der Waals surface area contributed by atoms with Crippen LogP contribution in [0.15, 0.2) is 49.1 Å². The fourth-order valence-corrected chi connectivity index (χ4v) is 1.82. The van der Waals surface area contributed by atoms with Gasteiger partial charge < -0.3 is 10.6 Å². The fourth-order valence-electron chi connectivity index (χ4n) is 1.82. The number of nitrogens with one attached hydrogen (secondary N) is 2. The van der Waals surface area contributed by atoms with Crippen LogP contribution in [0.5, 0.6) is 0 Å². The van der Waals surface area contributed by atoms with Gasteiger partial charge in [-0.05, 0) is 24.6 Å². The minimum absolute atomic E-state index is 0.257. The van der Waals surface area contributed by atoms with Gasteiger partial charge >= 0.3 is 0 Å². The first-order valence-electron chi connectivity index (χ1n) is 6.71. The number of amides is 1. The highest BCUT2D eigenvalue weighted by atomic mass is 16.1. The van der Waals surface area contributed by atoms with E-state index in [2.05, 4.69) is 46.5 Å². The van der Waals surface area contributed by atoms with Crippen LogP contribution in [0.3, 0.4) is 0 Å². The van der Waals surface area contributed by atoms with Crippen molar-refractivity contribution in [1.29, 1.82) is 0 Å². The van der Waals surface area contributed by atoms with E-state index in [-0.39, 0.29) is 11.6 Å². The van der Waals surface area contributed by atoms with Gasteiger partial charge in [-0.25, -0.2) is 0 Å². The van der Waals surface area contributed by atoms with Gasteiger partial charge in [0.1, 0.15) is 5.82 Å². The number of hydrogen-bond acceptors (Lipinski definition) is 4. The highest BCUT2D eigenvalue weighted by Gasteiger charge is 2.06. The molecule has 21 heavy (non-hydrogen) atoms. The average Bonchev–Trinajstić information content (AvgIpc) is 2.51. The molecule has 0 unspecified atom stereocenters. The summed E-state index contributed by atoms with van der Waals surface area (Å²) in [5, 5.41) is 13.7. The number of hydrogen-bond donors (Lipinski definition) is 2. The van der Waals surface area contributed by atoms with Crippen molar-refractivity contribution in [2.24, 2.45) is 0 Å². The Labute approximate surface area is 124 Å². The van der Waals surface area contributed by atoms with E-state index < -0.39 is 0 Å². The topological polar surface area (TPSA) is 66.9 Å². The Bertz CT molecular complexity index is 622. The van der Waals surface area contributed by atoms with Crippen LogP contribution in [0.1, 0.15) is 21.6 Å². The molecule has 1 aromatic carbocycles. The standard InChI is InChI=1S/C16H18N4O/c1-3-9-17-16(21)14-7-8-15(20-19-14)18-11-13-6-4-5-12(2)10-13/h3-8,10H,1,9,11H2,2H3,(H,17,21)(H,18,20). The summed E-state index contributed by atoms with van der Waals surface area (Å²) in [4.78, 5) is 11.6. The lowest BCUT2D eigenvalue weighted by Crippen LogP contribution is -2.24. The maximum absolute atomic E-state index is 11.6.